The molecule has 2 rings (SSSR count). The number of pyridine rings is 1. The van der Waals surface area contributed by atoms with Crippen LogP contribution in [-0.2, 0) is 6.54 Å². The molecule has 0 aliphatic rings. The highest BCUT2D eigenvalue weighted by Gasteiger charge is 2.05. The van der Waals surface area contributed by atoms with Gasteiger partial charge in [-0.1, -0.05) is 0 Å². The van der Waals surface area contributed by atoms with Gasteiger partial charge in [0.15, 0.2) is 0 Å². The Balaban J connectivity index is 2.05. The van der Waals surface area contributed by atoms with Crippen molar-refractivity contribution < 1.29 is 4.42 Å². The lowest BCUT2D eigenvalue weighted by Gasteiger charge is -2.05. The van der Waals surface area contributed by atoms with Gasteiger partial charge in [-0.3, -0.25) is 0 Å². The molecule has 0 radical (unpaired) electrons. The van der Waals surface area contributed by atoms with Crippen LogP contribution in [0.5, 0.6) is 0 Å². The number of hydrogen-bond acceptors (Lipinski definition) is 5. The van der Waals surface area contributed by atoms with E-state index < -0.39 is 0 Å². The van der Waals surface area contributed by atoms with E-state index >= 15 is 0 Å². The molecule has 0 amide bonds. The first kappa shape index (κ1) is 10.5. The number of nitrogens with zero attached hydrogens (tertiary/aromatic N) is 2. The highest BCUT2D eigenvalue weighted by Crippen LogP contribution is 2.15. The molecular formula is C11H14N4O. The summed E-state index contributed by atoms with van der Waals surface area (Å²) in [5, 5.41) is 3.13. The van der Waals surface area contributed by atoms with Crippen LogP contribution < -0.4 is 11.1 Å². The Hall–Kier alpha value is -2.04. The van der Waals surface area contributed by atoms with Crippen molar-refractivity contribution in [3.05, 3.63) is 35.7 Å². The highest BCUT2D eigenvalue weighted by molar-refractivity contribution is 5.60. The summed E-state index contributed by atoms with van der Waals surface area (Å²) in [5.74, 6) is 1.97. The quantitative estimate of drug-likeness (QED) is 0.822. The second kappa shape index (κ2) is 4.22. The Morgan fingerprint density at radius 2 is 2.25 bits per heavy atom. The van der Waals surface area contributed by atoms with E-state index in [1.165, 1.54) is 0 Å². The molecule has 2 aromatic heterocycles. The summed E-state index contributed by atoms with van der Waals surface area (Å²) >= 11 is 0. The van der Waals surface area contributed by atoms with Crippen LogP contribution in [-0.4, -0.2) is 9.97 Å². The summed E-state index contributed by atoms with van der Waals surface area (Å²) in [6, 6.07) is 3.69. The van der Waals surface area contributed by atoms with Crippen LogP contribution in [0.3, 0.4) is 0 Å². The maximum Gasteiger partial charge on any atom is 0.213 e. The van der Waals surface area contributed by atoms with Crippen LogP contribution in [0.4, 0.5) is 11.5 Å². The summed E-state index contributed by atoms with van der Waals surface area (Å²) in [6.07, 6.45) is 1.65. The van der Waals surface area contributed by atoms with Gasteiger partial charge < -0.3 is 15.5 Å². The van der Waals surface area contributed by atoms with Crippen LogP contribution in [0, 0.1) is 13.8 Å². The first-order chi connectivity index (χ1) is 7.66. The monoisotopic (exact) mass is 218 g/mol. The average Bonchev–Trinajstić information content (AvgIpc) is 2.57. The molecule has 84 valence electrons. The number of hydrogen-bond donors (Lipinski definition) is 2. The third kappa shape index (κ3) is 2.13. The number of aryl methyl sites for hydroxylation is 2. The topological polar surface area (TPSA) is 77.0 Å². The van der Waals surface area contributed by atoms with Crippen molar-refractivity contribution in [2.45, 2.75) is 20.4 Å². The third-order valence-electron chi connectivity index (χ3n) is 2.34. The summed E-state index contributed by atoms with van der Waals surface area (Å²) in [6.45, 7) is 4.32. The molecule has 0 spiro atoms. The molecule has 0 bridgehead atoms. The molecule has 5 nitrogen and oxygen atoms in total. The van der Waals surface area contributed by atoms with E-state index in [0.717, 1.165) is 17.1 Å². The van der Waals surface area contributed by atoms with E-state index in [2.05, 4.69) is 15.3 Å². The molecule has 3 N–H and O–H groups in total. The first-order valence-electron chi connectivity index (χ1n) is 5.04. The molecule has 2 aromatic rings. The SMILES string of the molecule is Cc1nc(CNc2cccnc2N)oc1C. The Bertz CT molecular complexity index is 473. The zero-order valence-electron chi connectivity index (χ0n) is 9.32. The number of oxazole rings is 1. The molecule has 0 saturated carbocycles. The zero-order valence-corrected chi connectivity index (χ0v) is 9.32. The van der Waals surface area contributed by atoms with Gasteiger partial charge in [0.25, 0.3) is 0 Å². The largest absolute Gasteiger partial charge is 0.444 e. The molecular weight excluding hydrogens is 204 g/mol. The lowest BCUT2D eigenvalue weighted by Crippen LogP contribution is -2.03. The van der Waals surface area contributed by atoms with Crippen molar-refractivity contribution in [3.8, 4) is 0 Å². The number of rotatable bonds is 3. The second-order valence-electron chi connectivity index (χ2n) is 3.54. The molecule has 0 unspecified atom stereocenters. The van der Waals surface area contributed by atoms with Gasteiger partial charge in [-0.05, 0) is 26.0 Å². The van der Waals surface area contributed by atoms with Gasteiger partial charge in [-0.25, -0.2) is 9.97 Å². The molecule has 0 aromatic carbocycles. The lowest BCUT2D eigenvalue weighted by atomic mass is 10.4. The highest BCUT2D eigenvalue weighted by atomic mass is 16.4. The van der Waals surface area contributed by atoms with Crippen LogP contribution in [0.1, 0.15) is 17.3 Å². The minimum Gasteiger partial charge on any atom is -0.444 e. The van der Waals surface area contributed by atoms with Gasteiger partial charge in [-0.15, -0.1) is 0 Å². The van der Waals surface area contributed by atoms with E-state index in [9.17, 15) is 0 Å². The molecule has 2 heterocycles. The summed E-state index contributed by atoms with van der Waals surface area (Å²) in [7, 11) is 0. The van der Waals surface area contributed by atoms with Crippen LogP contribution in [0.15, 0.2) is 22.7 Å². The van der Waals surface area contributed by atoms with Gasteiger partial charge in [0, 0.05) is 6.20 Å². The maximum absolute atomic E-state index is 5.70. The van der Waals surface area contributed by atoms with Crippen molar-refractivity contribution in [2.24, 2.45) is 0 Å². The average molecular weight is 218 g/mol. The van der Waals surface area contributed by atoms with Gasteiger partial charge in [-0.2, -0.15) is 0 Å². The fraction of sp³-hybridized carbons (Fsp3) is 0.273. The Morgan fingerprint density at radius 3 is 2.88 bits per heavy atom. The lowest BCUT2D eigenvalue weighted by molar-refractivity contribution is 0.478. The summed E-state index contributed by atoms with van der Waals surface area (Å²) < 4.78 is 5.44. The van der Waals surface area contributed by atoms with E-state index in [1.807, 2.05) is 26.0 Å². The smallest absolute Gasteiger partial charge is 0.213 e. The summed E-state index contributed by atoms with van der Waals surface area (Å²) in [5.41, 5.74) is 7.40. The fourth-order valence-corrected chi connectivity index (χ4v) is 1.35. The number of nitrogen functional groups attached to an aromatic ring is 1. The minimum atomic E-state index is 0.475. The first-order valence-corrected chi connectivity index (χ1v) is 5.04. The van der Waals surface area contributed by atoms with Crippen LogP contribution in [0.2, 0.25) is 0 Å². The number of nitrogens with two attached hydrogens (primary N) is 1. The van der Waals surface area contributed by atoms with E-state index in [1.54, 1.807) is 6.20 Å². The normalized spacial score (nSPS) is 10.4. The van der Waals surface area contributed by atoms with E-state index in [0.29, 0.717) is 18.3 Å². The molecule has 0 atom stereocenters. The Morgan fingerprint density at radius 1 is 1.44 bits per heavy atom. The standard InChI is InChI=1S/C11H14N4O/c1-7-8(2)16-10(15-7)6-14-9-4-3-5-13-11(9)12/h3-5,14H,6H2,1-2H3,(H2,12,13). The molecule has 0 saturated heterocycles. The van der Waals surface area contributed by atoms with Gasteiger partial charge >= 0.3 is 0 Å². The number of nitrogens with one attached hydrogen (secondary N) is 1. The van der Waals surface area contributed by atoms with E-state index in [4.69, 9.17) is 10.2 Å². The predicted molar refractivity (Wildman–Crippen MR) is 62.0 cm³/mol. The van der Waals surface area contributed by atoms with Crippen molar-refractivity contribution in [1.82, 2.24) is 9.97 Å². The zero-order chi connectivity index (χ0) is 11.5. The number of aromatic nitrogens is 2. The van der Waals surface area contributed by atoms with Crippen molar-refractivity contribution in [1.29, 1.82) is 0 Å². The fourth-order valence-electron chi connectivity index (χ4n) is 1.35. The second-order valence-corrected chi connectivity index (χ2v) is 3.54. The van der Waals surface area contributed by atoms with Crippen molar-refractivity contribution in [2.75, 3.05) is 11.1 Å². The van der Waals surface area contributed by atoms with Gasteiger partial charge in [0.05, 0.1) is 17.9 Å². The molecule has 0 aliphatic carbocycles. The van der Waals surface area contributed by atoms with Gasteiger partial charge in [0.2, 0.25) is 5.89 Å². The van der Waals surface area contributed by atoms with Crippen LogP contribution in [0.25, 0.3) is 0 Å². The number of anilines is 2. The third-order valence-corrected chi connectivity index (χ3v) is 2.34. The molecule has 5 heteroatoms. The summed E-state index contributed by atoms with van der Waals surface area (Å²) in [4.78, 5) is 8.24. The maximum atomic E-state index is 5.70. The minimum absolute atomic E-state index is 0.475. The van der Waals surface area contributed by atoms with Crippen LogP contribution >= 0.6 is 0 Å². The molecule has 0 fully saturated rings. The Labute approximate surface area is 93.7 Å². The van der Waals surface area contributed by atoms with Crippen molar-refractivity contribution in [3.63, 3.8) is 0 Å². The van der Waals surface area contributed by atoms with Crippen molar-refractivity contribution >= 4 is 11.5 Å². The Kier molecular flexibility index (Phi) is 2.76. The molecule has 16 heavy (non-hydrogen) atoms. The molecule has 0 aliphatic heterocycles. The van der Waals surface area contributed by atoms with Gasteiger partial charge in [0.1, 0.15) is 11.6 Å². The van der Waals surface area contributed by atoms with E-state index in [-0.39, 0.29) is 0 Å². The predicted octanol–water partition coefficient (Wildman–Crippen LogP) is 1.88.